The van der Waals surface area contributed by atoms with Gasteiger partial charge >= 0.3 is 0 Å². The summed E-state index contributed by atoms with van der Waals surface area (Å²) >= 11 is 0. The van der Waals surface area contributed by atoms with Gasteiger partial charge in [0.1, 0.15) is 5.82 Å². The van der Waals surface area contributed by atoms with E-state index >= 15 is 0 Å². The molecule has 3 heterocycles. The molecule has 0 saturated carbocycles. The second-order valence-corrected chi connectivity index (χ2v) is 5.10. The van der Waals surface area contributed by atoms with Gasteiger partial charge in [-0.3, -0.25) is 9.47 Å². The predicted molar refractivity (Wildman–Crippen MR) is 77.0 cm³/mol. The van der Waals surface area contributed by atoms with Crippen molar-refractivity contribution in [3.8, 4) is 0 Å². The number of nitrogens with one attached hydrogen (secondary N) is 1. The minimum Gasteiger partial charge on any atom is -0.345 e. The Kier molecular flexibility index (Phi) is 3.68. The second kappa shape index (κ2) is 5.62. The number of aromatic nitrogens is 5. The maximum atomic E-state index is 5.65. The van der Waals surface area contributed by atoms with Crippen LogP contribution in [0, 0.1) is 0 Å². The quantitative estimate of drug-likeness (QED) is 0.773. The van der Waals surface area contributed by atoms with E-state index in [4.69, 9.17) is 5.73 Å². The van der Waals surface area contributed by atoms with Gasteiger partial charge in [0, 0.05) is 13.0 Å². The molecular weight excluding hydrogens is 254 g/mol. The van der Waals surface area contributed by atoms with Crippen LogP contribution in [0.25, 0.3) is 0 Å². The van der Waals surface area contributed by atoms with E-state index in [1.165, 1.54) is 12.8 Å². The number of aromatic amines is 1. The first-order chi connectivity index (χ1) is 9.85. The van der Waals surface area contributed by atoms with Crippen LogP contribution in [-0.2, 0) is 13.0 Å². The molecule has 0 radical (unpaired) electrons. The summed E-state index contributed by atoms with van der Waals surface area (Å²) in [5.74, 6) is 2.83. The molecule has 0 saturated heterocycles. The lowest BCUT2D eigenvalue weighted by molar-refractivity contribution is 0.648. The highest BCUT2D eigenvalue weighted by atomic mass is 15.4. The SMILES string of the molecule is CCCCCN1c2nc[nH]c2Cn2c(CCN)nnc21. The molecule has 0 aromatic carbocycles. The van der Waals surface area contributed by atoms with Crippen molar-refractivity contribution in [2.75, 3.05) is 18.0 Å². The smallest absolute Gasteiger partial charge is 0.233 e. The third-order valence-electron chi connectivity index (χ3n) is 3.67. The highest BCUT2D eigenvalue weighted by Crippen LogP contribution is 2.31. The number of anilines is 2. The molecule has 0 bridgehead atoms. The van der Waals surface area contributed by atoms with Crippen molar-refractivity contribution < 1.29 is 0 Å². The minimum atomic E-state index is 0.587. The molecule has 0 unspecified atom stereocenters. The number of unbranched alkanes of at least 4 members (excludes halogenated alkanes) is 2. The molecule has 0 atom stereocenters. The fourth-order valence-electron chi connectivity index (χ4n) is 2.64. The van der Waals surface area contributed by atoms with Crippen LogP contribution in [0.4, 0.5) is 11.8 Å². The maximum Gasteiger partial charge on any atom is 0.233 e. The lowest BCUT2D eigenvalue weighted by Crippen LogP contribution is -2.29. The van der Waals surface area contributed by atoms with E-state index < -0.39 is 0 Å². The molecular formula is C13H21N7. The van der Waals surface area contributed by atoms with Crippen LogP contribution in [0.3, 0.4) is 0 Å². The van der Waals surface area contributed by atoms with E-state index in [1.54, 1.807) is 6.33 Å². The van der Waals surface area contributed by atoms with Gasteiger partial charge in [0.25, 0.3) is 0 Å². The molecule has 3 N–H and O–H groups in total. The molecule has 2 aromatic rings. The molecule has 1 aliphatic rings. The molecule has 2 aromatic heterocycles. The minimum absolute atomic E-state index is 0.587. The molecule has 0 fully saturated rings. The Balaban J connectivity index is 1.91. The second-order valence-electron chi connectivity index (χ2n) is 5.10. The summed E-state index contributed by atoms with van der Waals surface area (Å²) in [4.78, 5) is 9.82. The normalized spacial score (nSPS) is 13.4. The Bertz CT molecular complexity index is 571. The summed E-state index contributed by atoms with van der Waals surface area (Å²) in [5, 5.41) is 8.62. The zero-order chi connectivity index (χ0) is 13.9. The molecule has 7 heteroatoms. The van der Waals surface area contributed by atoms with Crippen molar-refractivity contribution in [1.29, 1.82) is 0 Å². The van der Waals surface area contributed by atoms with Crippen LogP contribution in [0.15, 0.2) is 6.33 Å². The molecule has 3 rings (SSSR count). The molecule has 0 spiro atoms. The van der Waals surface area contributed by atoms with E-state index in [1.807, 2.05) is 0 Å². The average molecular weight is 275 g/mol. The summed E-state index contributed by atoms with van der Waals surface area (Å²) in [7, 11) is 0. The molecule has 108 valence electrons. The molecule has 0 amide bonds. The first-order valence-corrected chi connectivity index (χ1v) is 7.27. The number of hydrogen-bond donors (Lipinski definition) is 2. The molecule has 20 heavy (non-hydrogen) atoms. The van der Waals surface area contributed by atoms with Crippen molar-refractivity contribution >= 4 is 11.8 Å². The zero-order valence-corrected chi connectivity index (χ0v) is 11.8. The van der Waals surface area contributed by atoms with Gasteiger partial charge in [-0.05, 0) is 13.0 Å². The van der Waals surface area contributed by atoms with E-state index in [-0.39, 0.29) is 0 Å². The largest absolute Gasteiger partial charge is 0.345 e. The van der Waals surface area contributed by atoms with Crippen LogP contribution in [0.1, 0.15) is 37.7 Å². The molecule has 1 aliphatic heterocycles. The summed E-state index contributed by atoms with van der Waals surface area (Å²) in [6.07, 6.45) is 6.04. The fourth-order valence-corrected chi connectivity index (χ4v) is 2.64. The van der Waals surface area contributed by atoms with E-state index in [2.05, 4.69) is 36.6 Å². The topological polar surface area (TPSA) is 88.7 Å². The van der Waals surface area contributed by atoms with Gasteiger partial charge in [0.05, 0.1) is 18.6 Å². The molecule has 7 nitrogen and oxygen atoms in total. The Morgan fingerprint density at radius 1 is 1.35 bits per heavy atom. The van der Waals surface area contributed by atoms with E-state index in [0.717, 1.165) is 49.2 Å². The lowest BCUT2D eigenvalue weighted by Gasteiger charge is -2.27. The summed E-state index contributed by atoms with van der Waals surface area (Å²) in [6.45, 7) is 4.46. The van der Waals surface area contributed by atoms with Gasteiger partial charge < -0.3 is 10.7 Å². The van der Waals surface area contributed by atoms with E-state index in [0.29, 0.717) is 6.54 Å². The van der Waals surface area contributed by atoms with Gasteiger partial charge in [0.2, 0.25) is 5.95 Å². The third kappa shape index (κ3) is 2.18. The highest BCUT2D eigenvalue weighted by molar-refractivity contribution is 5.58. The van der Waals surface area contributed by atoms with Gasteiger partial charge in [-0.15, -0.1) is 10.2 Å². The zero-order valence-electron chi connectivity index (χ0n) is 11.8. The first kappa shape index (κ1) is 13.1. The first-order valence-electron chi connectivity index (χ1n) is 7.27. The summed E-state index contributed by atoms with van der Waals surface area (Å²) < 4.78 is 2.14. The Hall–Kier alpha value is -1.89. The van der Waals surface area contributed by atoms with Crippen LogP contribution >= 0.6 is 0 Å². The van der Waals surface area contributed by atoms with Crippen LogP contribution in [0.5, 0.6) is 0 Å². The van der Waals surface area contributed by atoms with E-state index in [9.17, 15) is 0 Å². The monoisotopic (exact) mass is 275 g/mol. The van der Waals surface area contributed by atoms with Crippen LogP contribution in [0.2, 0.25) is 0 Å². The maximum absolute atomic E-state index is 5.65. The Labute approximate surface area is 118 Å². The third-order valence-corrected chi connectivity index (χ3v) is 3.67. The van der Waals surface area contributed by atoms with Crippen LogP contribution in [-0.4, -0.2) is 37.8 Å². The number of H-pyrrole nitrogens is 1. The highest BCUT2D eigenvalue weighted by Gasteiger charge is 2.28. The number of imidazole rings is 1. The van der Waals surface area contributed by atoms with Gasteiger partial charge in [-0.2, -0.15) is 0 Å². The summed E-state index contributed by atoms with van der Waals surface area (Å²) in [5.41, 5.74) is 6.76. The van der Waals surface area contributed by atoms with Crippen molar-refractivity contribution in [2.24, 2.45) is 5.73 Å². The standard InChI is InChI=1S/C13H21N7/c1-2-3-4-7-19-12-10(15-9-16-12)8-20-11(5-6-14)17-18-13(19)20/h9H,2-8,14H2,1H3,(H,15,16). The number of hydrogen-bond acceptors (Lipinski definition) is 5. The number of rotatable bonds is 6. The fraction of sp³-hybridized carbons (Fsp3) is 0.615. The van der Waals surface area contributed by atoms with Gasteiger partial charge in [0.15, 0.2) is 5.82 Å². The average Bonchev–Trinajstić information content (AvgIpc) is 3.06. The Morgan fingerprint density at radius 3 is 3.05 bits per heavy atom. The Morgan fingerprint density at radius 2 is 2.25 bits per heavy atom. The van der Waals surface area contributed by atoms with Gasteiger partial charge in [-0.25, -0.2) is 4.98 Å². The predicted octanol–water partition coefficient (Wildman–Crippen LogP) is 1.19. The number of nitrogens with zero attached hydrogens (tertiary/aromatic N) is 5. The molecule has 0 aliphatic carbocycles. The van der Waals surface area contributed by atoms with Crippen molar-refractivity contribution in [2.45, 2.75) is 39.2 Å². The number of nitrogens with two attached hydrogens (primary N) is 1. The number of fused-ring (bicyclic) bond motifs is 2. The van der Waals surface area contributed by atoms with Crippen molar-refractivity contribution in [1.82, 2.24) is 24.7 Å². The summed E-state index contributed by atoms with van der Waals surface area (Å²) in [6, 6.07) is 0. The lowest BCUT2D eigenvalue weighted by atomic mass is 10.2. The van der Waals surface area contributed by atoms with Crippen LogP contribution < -0.4 is 10.6 Å². The van der Waals surface area contributed by atoms with Gasteiger partial charge in [-0.1, -0.05) is 19.8 Å². The van der Waals surface area contributed by atoms with Crippen molar-refractivity contribution in [3.63, 3.8) is 0 Å². The van der Waals surface area contributed by atoms with Crippen molar-refractivity contribution in [3.05, 3.63) is 17.8 Å².